The number of aromatic amines is 1. The van der Waals surface area contributed by atoms with Crippen molar-refractivity contribution in [1.29, 1.82) is 0 Å². The molecule has 0 spiro atoms. The van der Waals surface area contributed by atoms with E-state index < -0.39 is 11.2 Å². The van der Waals surface area contributed by atoms with E-state index >= 15 is 0 Å². The smallest absolute Gasteiger partial charge is 0.330 e. The second-order valence-electron chi connectivity index (χ2n) is 6.64. The number of H-pyrrole nitrogens is 1. The normalized spacial score (nSPS) is 15.0. The minimum atomic E-state index is -0.487. The first-order chi connectivity index (χ1) is 13.7. The van der Waals surface area contributed by atoms with Gasteiger partial charge in [0.1, 0.15) is 5.39 Å². The van der Waals surface area contributed by atoms with Crippen LogP contribution < -0.4 is 16.6 Å². The summed E-state index contributed by atoms with van der Waals surface area (Å²) in [5.74, 6) is 0.386. The zero-order valence-electron chi connectivity index (χ0n) is 15.4. The third kappa shape index (κ3) is 4.10. The first-order valence-electron chi connectivity index (χ1n) is 9.28. The third-order valence-corrected chi connectivity index (χ3v) is 4.73. The van der Waals surface area contributed by atoms with Gasteiger partial charge in [-0.05, 0) is 5.56 Å². The molecule has 4 rings (SSSR count). The fourth-order valence-electron chi connectivity index (χ4n) is 3.19. The van der Waals surface area contributed by atoms with Gasteiger partial charge in [0.15, 0.2) is 5.65 Å². The number of hydrogen-bond acceptors (Lipinski definition) is 7. The number of morpholine rings is 1. The van der Waals surface area contributed by atoms with Crippen LogP contribution in [0.15, 0.2) is 46.1 Å². The Hall–Kier alpha value is -3.04. The van der Waals surface area contributed by atoms with Gasteiger partial charge in [-0.1, -0.05) is 30.3 Å². The average Bonchev–Trinajstić information content (AvgIpc) is 2.72. The maximum atomic E-state index is 12.7. The molecule has 2 N–H and O–H groups in total. The fraction of sp³-hybridized carbons (Fsp3) is 0.368. The summed E-state index contributed by atoms with van der Waals surface area (Å²) >= 11 is 0. The highest BCUT2D eigenvalue weighted by Gasteiger charge is 2.12. The van der Waals surface area contributed by atoms with Gasteiger partial charge in [0.05, 0.1) is 19.8 Å². The van der Waals surface area contributed by atoms with Crippen LogP contribution in [-0.4, -0.2) is 63.8 Å². The van der Waals surface area contributed by atoms with Crippen molar-refractivity contribution in [2.45, 2.75) is 6.54 Å². The number of rotatable bonds is 6. The highest BCUT2D eigenvalue weighted by Crippen LogP contribution is 2.06. The number of benzene rings is 1. The van der Waals surface area contributed by atoms with Crippen LogP contribution in [0, 0.1) is 0 Å². The largest absolute Gasteiger partial charge is 0.379 e. The molecule has 3 heterocycles. The van der Waals surface area contributed by atoms with E-state index in [1.807, 2.05) is 30.3 Å². The molecule has 0 atom stereocenters. The lowest BCUT2D eigenvalue weighted by atomic mass is 10.2. The van der Waals surface area contributed by atoms with Gasteiger partial charge in [-0.2, -0.15) is 4.98 Å². The van der Waals surface area contributed by atoms with Crippen molar-refractivity contribution in [2.75, 3.05) is 44.7 Å². The van der Waals surface area contributed by atoms with E-state index in [0.29, 0.717) is 12.5 Å². The lowest BCUT2D eigenvalue weighted by molar-refractivity contribution is 0.0398. The molecule has 1 aromatic carbocycles. The Morgan fingerprint density at radius 1 is 1.14 bits per heavy atom. The quantitative estimate of drug-likeness (QED) is 0.631. The van der Waals surface area contributed by atoms with E-state index in [1.54, 1.807) is 0 Å². The molecule has 0 bridgehead atoms. The second kappa shape index (κ2) is 8.32. The Morgan fingerprint density at radius 2 is 1.93 bits per heavy atom. The third-order valence-electron chi connectivity index (χ3n) is 4.73. The van der Waals surface area contributed by atoms with Gasteiger partial charge >= 0.3 is 5.69 Å². The molecule has 1 aliphatic rings. The Kier molecular flexibility index (Phi) is 5.45. The Labute approximate surface area is 161 Å². The Morgan fingerprint density at radius 3 is 2.71 bits per heavy atom. The molecule has 0 saturated carbocycles. The van der Waals surface area contributed by atoms with Crippen molar-refractivity contribution >= 4 is 17.0 Å². The van der Waals surface area contributed by atoms with E-state index in [-0.39, 0.29) is 17.6 Å². The molecule has 0 amide bonds. The van der Waals surface area contributed by atoms with Crippen LogP contribution in [0.4, 0.5) is 5.95 Å². The van der Waals surface area contributed by atoms with E-state index in [4.69, 9.17) is 4.74 Å². The Bertz CT molecular complexity index is 1060. The molecular formula is C19H22N6O3. The van der Waals surface area contributed by atoms with Gasteiger partial charge in [0, 0.05) is 32.4 Å². The molecule has 28 heavy (non-hydrogen) atoms. The first-order valence-corrected chi connectivity index (χ1v) is 9.28. The standard InChI is InChI=1S/C19H22N6O3/c26-17-15-12-21-18(20-6-7-24-8-10-28-11-9-24)22-16(15)23-19(27)25(17)13-14-4-2-1-3-5-14/h1-5,12H,6-11,13H2,(H2,20,21,22,23,27). The number of nitrogens with one attached hydrogen (secondary N) is 2. The molecule has 0 aliphatic carbocycles. The molecule has 1 fully saturated rings. The predicted octanol–water partition coefficient (Wildman–Crippen LogP) is 0.272. The highest BCUT2D eigenvalue weighted by atomic mass is 16.5. The maximum Gasteiger partial charge on any atom is 0.330 e. The number of aromatic nitrogens is 4. The maximum absolute atomic E-state index is 12.7. The monoisotopic (exact) mass is 382 g/mol. The molecule has 9 nitrogen and oxygen atoms in total. The number of hydrogen-bond donors (Lipinski definition) is 2. The zero-order chi connectivity index (χ0) is 19.3. The molecule has 2 aromatic heterocycles. The van der Waals surface area contributed by atoms with Crippen molar-refractivity contribution in [1.82, 2.24) is 24.4 Å². The number of anilines is 1. The molecule has 0 radical (unpaired) electrons. The summed E-state index contributed by atoms with van der Waals surface area (Å²) in [6, 6.07) is 9.36. The molecular weight excluding hydrogens is 360 g/mol. The molecule has 9 heteroatoms. The predicted molar refractivity (Wildman–Crippen MR) is 106 cm³/mol. The van der Waals surface area contributed by atoms with Gasteiger partial charge < -0.3 is 10.1 Å². The van der Waals surface area contributed by atoms with Gasteiger partial charge in [0.25, 0.3) is 5.56 Å². The van der Waals surface area contributed by atoms with Crippen molar-refractivity contribution in [3.05, 3.63) is 62.9 Å². The Balaban J connectivity index is 1.51. The summed E-state index contributed by atoms with van der Waals surface area (Å²) in [6.07, 6.45) is 1.46. The molecule has 146 valence electrons. The van der Waals surface area contributed by atoms with Crippen LogP contribution in [0.5, 0.6) is 0 Å². The van der Waals surface area contributed by atoms with Crippen LogP contribution in [0.25, 0.3) is 11.0 Å². The van der Waals surface area contributed by atoms with Gasteiger partial charge in [-0.3, -0.25) is 19.2 Å². The van der Waals surface area contributed by atoms with E-state index in [0.717, 1.165) is 43.0 Å². The van der Waals surface area contributed by atoms with Crippen LogP contribution in [0.3, 0.4) is 0 Å². The lowest BCUT2D eigenvalue weighted by Crippen LogP contribution is -2.39. The zero-order valence-corrected chi connectivity index (χ0v) is 15.4. The van der Waals surface area contributed by atoms with Crippen molar-refractivity contribution in [3.8, 4) is 0 Å². The van der Waals surface area contributed by atoms with Gasteiger partial charge in [-0.25, -0.2) is 9.78 Å². The summed E-state index contributed by atoms with van der Waals surface area (Å²) in [5.41, 5.74) is 0.224. The van der Waals surface area contributed by atoms with Crippen molar-refractivity contribution in [3.63, 3.8) is 0 Å². The van der Waals surface area contributed by atoms with E-state index in [2.05, 4.69) is 25.2 Å². The number of fused-ring (bicyclic) bond motifs is 1. The van der Waals surface area contributed by atoms with E-state index in [1.165, 1.54) is 6.20 Å². The summed E-state index contributed by atoms with van der Waals surface area (Å²) in [4.78, 5) is 38.6. The van der Waals surface area contributed by atoms with Crippen molar-refractivity contribution in [2.24, 2.45) is 0 Å². The average molecular weight is 382 g/mol. The van der Waals surface area contributed by atoms with Crippen LogP contribution in [0.1, 0.15) is 5.56 Å². The molecule has 0 unspecified atom stereocenters. The summed E-state index contributed by atoms with van der Waals surface area (Å²) < 4.78 is 6.49. The second-order valence-corrected chi connectivity index (χ2v) is 6.64. The fourth-order valence-corrected chi connectivity index (χ4v) is 3.19. The van der Waals surface area contributed by atoms with Crippen LogP contribution >= 0.6 is 0 Å². The summed E-state index contributed by atoms with van der Waals surface area (Å²) in [7, 11) is 0. The van der Waals surface area contributed by atoms with Gasteiger partial charge in [0.2, 0.25) is 5.95 Å². The molecule has 1 aliphatic heterocycles. The lowest BCUT2D eigenvalue weighted by Gasteiger charge is -2.26. The van der Waals surface area contributed by atoms with Crippen LogP contribution in [0.2, 0.25) is 0 Å². The number of nitrogens with zero attached hydrogens (tertiary/aromatic N) is 4. The minimum Gasteiger partial charge on any atom is -0.379 e. The SMILES string of the molecule is O=c1[nH]c2nc(NCCN3CCOCC3)ncc2c(=O)n1Cc1ccccc1. The summed E-state index contributed by atoms with van der Waals surface area (Å²) in [5, 5.41) is 3.43. The minimum absolute atomic E-state index is 0.199. The number of ether oxygens (including phenoxy) is 1. The molecule has 1 saturated heterocycles. The summed E-state index contributed by atoms with van der Waals surface area (Å²) in [6.45, 7) is 5.04. The highest BCUT2D eigenvalue weighted by molar-refractivity contribution is 5.73. The first kappa shape index (κ1) is 18.3. The molecule has 3 aromatic rings. The van der Waals surface area contributed by atoms with Gasteiger partial charge in [-0.15, -0.1) is 0 Å². The van der Waals surface area contributed by atoms with E-state index in [9.17, 15) is 9.59 Å². The topological polar surface area (TPSA) is 105 Å². The van der Waals surface area contributed by atoms with Crippen molar-refractivity contribution < 1.29 is 4.74 Å². The van der Waals surface area contributed by atoms with Crippen LogP contribution in [-0.2, 0) is 11.3 Å².